The third-order valence-electron chi connectivity index (χ3n) is 3.59. The second kappa shape index (κ2) is 4.74. The van der Waals surface area contributed by atoms with Gasteiger partial charge >= 0.3 is 5.97 Å². The van der Waals surface area contributed by atoms with Crippen LogP contribution in [-0.2, 0) is 9.63 Å². The van der Waals surface area contributed by atoms with Crippen molar-refractivity contribution >= 4 is 17.8 Å². The lowest BCUT2D eigenvalue weighted by Gasteiger charge is -2.26. The molecule has 0 N–H and O–H groups in total. The van der Waals surface area contributed by atoms with Crippen molar-refractivity contribution < 1.29 is 19.2 Å². The minimum atomic E-state index is -0.597. The van der Waals surface area contributed by atoms with Crippen LogP contribution in [0.5, 0.6) is 0 Å². The van der Waals surface area contributed by atoms with Gasteiger partial charge in [-0.1, -0.05) is 44.9 Å². The molecule has 2 amide bonds. The Kier molecular flexibility index (Phi) is 3.38. The molecule has 5 heteroatoms. The number of carbonyl (C=O) groups excluding carboxylic acids is 3. The van der Waals surface area contributed by atoms with Gasteiger partial charge in [0, 0.05) is 0 Å². The highest BCUT2D eigenvalue weighted by Gasteiger charge is 2.40. The molecular formula is C15H17NO4. The lowest BCUT2D eigenvalue weighted by molar-refractivity contribution is -0.176. The van der Waals surface area contributed by atoms with E-state index in [1.165, 1.54) is 12.1 Å². The average Bonchev–Trinajstić information content (AvgIpc) is 2.62. The van der Waals surface area contributed by atoms with Crippen LogP contribution in [0.15, 0.2) is 24.3 Å². The zero-order valence-electron chi connectivity index (χ0n) is 12.0. The van der Waals surface area contributed by atoms with Gasteiger partial charge in [0.15, 0.2) is 0 Å². The number of amides is 2. The average molecular weight is 275 g/mol. The number of nitrogens with zero attached hydrogens (tertiary/aromatic N) is 1. The lowest BCUT2D eigenvalue weighted by Crippen LogP contribution is -2.37. The number of fused-ring (bicyclic) bond motifs is 1. The molecule has 0 bridgehead atoms. The first-order chi connectivity index (χ1) is 9.23. The molecule has 0 spiro atoms. The molecule has 1 heterocycles. The highest BCUT2D eigenvalue weighted by Crippen LogP contribution is 2.28. The van der Waals surface area contributed by atoms with Crippen LogP contribution in [0.1, 0.15) is 48.4 Å². The summed E-state index contributed by atoms with van der Waals surface area (Å²) in [6.45, 7) is 7.38. The van der Waals surface area contributed by atoms with E-state index in [1.54, 1.807) is 19.1 Å². The Bertz CT molecular complexity index is 551. The third kappa shape index (κ3) is 2.31. The van der Waals surface area contributed by atoms with E-state index in [2.05, 4.69) is 0 Å². The molecule has 106 valence electrons. The van der Waals surface area contributed by atoms with Crippen LogP contribution in [0, 0.1) is 11.3 Å². The van der Waals surface area contributed by atoms with Gasteiger partial charge in [0.25, 0.3) is 11.8 Å². The monoisotopic (exact) mass is 275 g/mol. The molecule has 0 aromatic heterocycles. The van der Waals surface area contributed by atoms with Crippen molar-refractivity contribution in [2.45, 2.75) is 27.7 Å². The third-order valence-corrected chi connectivity index (χ3v) is 3.59. The van der Waals surface area contributed by atoms with Crippen LogP contribution in [0.25, 0.3) is 0 Å². The summed E-state index contributed by atoms with van der Waals surface area (Å²) in [5.74, 6) is -2.22. The van der Waals surface area contributed by atoms with E-state index in [-0.39, 0.29) is 16.5 Å². The number of carbonyl (C=O) groups is 3. The van der Waals surface area contributed by atoms with Crippen molar-refractivity contribution in [1.82, 2.24) is 5.06 Å². The molecular weight excluding hydrogens is 258 g/mol. The predicted octanol–water partition coefficient (Wildman–Crippen LogP) is 2.42. The normalized spacial score (nSPS) is 16.1. The van der Waals surface area contributed by atoms with E-state index in [9.17, 15) is 14.4 Å². The topological polar surface area (TPSA) is 63.7 Å². The van der Waals surface area contributed by atoms with Gasteiger partial charge in [-0.2, -0.15) is 0 Å². The number of rotatable bonds is 2. The van der Waals surface area contributed by atoms with Crippen LogP contribution in [0.4, 0.5) is 0 Å². The molecule has 0 aliphatic carbocycles. The summed E-state index contributed by atoms with van der Waals surface area (Å²) in [7, 11) is 0. The molecule has 0 fully saturated rings. The molecule has 1 aromatic rings. The van der Waals surface area contributed by atoms with E-state index in [4.69, 9.17) is 4.84 Å². The molecule has 1 aliphatic rings. The number of hydroxylamine groups is 2. The Labute approximate surface area is 117 Å². The maximum absolute atomic E-state index is 12.0. The standard InChI is InChI=1S/C15H17NO4/c1-9(15(2,3)4)14(19)20-16-12(17)10-7-5-6-8-11(10)13(16)18/h5-9H,1-4H3. The molecule has 2 rings (SSSR count). The van der Waals surface area contributed by atoms with E-state index in [1.807, 2.05) is 20.8 Å². The zero-order chi connectivity index (χ0) is 15.1. The first-order valence-corrected chi connectivity index (χ1v) is 6.43. The highest BCUT2D eigenvalue weighted by atomic mass is 16.7. The molecule has 20 heavy (non-hydrogen) atoms. The largest absolute Gasteiger partial charge is 0.336 e. The lowest BCUT2D eigenvalue weighted by atomic mass is 9.82. The fraction of sp³-hybridized carbons (Fsp3) is 0.400. The highest BCUT2D eigenvalue weighted by molar-refractivity contribution is 6.20. The minimum absolute atomic E-state index is 0.258. The maximum Gasteiger partial charge on any atom is 0.336 e. The number of benzene rings is 1. The Morgan fingerprint density at radius 3 is 1.95 bits per heavy atom. The first kappa shape index (κ1) is 14.2. The summed E-state index contributed by atoms with van der Waals surface area (Å²) < 4.78 is 0. The second-order valence-electron chi connectivity index (χ2n) is 5.95. The van der Waals surface area contributed by atoms with Crippen LogP contribution in [0.2, 0.25) is 0 Å². The quantitative estimate of drug-likeness (QED) is 0.778. The predicted molar refractivity (Wildman–Crippen MR) is 71.7 cm³/mol. The number of hydrogen-bond donors (Lipinski definition) is 0. The van der Waals surface area contributed by atoms with Crippen LogP contribution in [0.3, 0.4) is 0 Å². The van der Waals surface area contributed by atoms with Gasteiger partial charge in [0.05, 0.1) is 17.0 Å². The van der Waals surface area contributed by atoms with E-state index >= 15 is 0 Å². The van der Waals surface area contributed by atoms with E-state index in [0.29, 0.717) is 5.06 Å². The van der Waals surface area contributed by atoms with Gasteiger partial charge in [0.1, 0.15) is 0 Å². The van der Waals surface area contributed by atoms with Gasteiger partial charge in [-0.05, 0) is 17.5 Å². The minimum Gasteiger partial charge on any atom is -0.329 e. The number of hydrogen-bond acceptors (Lipinski definition) is 4. The Balaban J connectivity index is 2.19. The fourth-order valence-electron chi connectivity index (χ4n) is 1.77. The van der Waals surface area contributed by atoms with Crippen molar-refractivity contribution in [2.75, 3.05) is 0 Å². The van der Waals surface area contributed by atoms with Crippen molar-refractivity contribution in [3.8, 4) is 0 Å². The van der Waals surface area contributed by atoms with Gasteiger partial charge in [0.2, 0.25) is 0 Å². The Morgan fingerprint density at radius 1 is 1.10 bits per heavy atom. The SMILES string of the molecule is CC(C(=O)ON1C(=O)c2ccccc2C1=O)C(C)(C)C. The summed E-state index contributed by atoms with van der Waals surface area (Å²) in [5, 5.41) is 0.551. The summed E-state index contributed by atoms with van der Waals surface area (Å²) in [6.07, 6.45) is 0. The Morgan fingerprint density at radius 2 is 1.55 bits per heavy atom. The second-order valence-corrected chi connectivity index (χ2v) is 5.95. The summed E-state index contributed by atoms with van der Waals surface area (Å²) >= 11 is 0. The summed E-state index contributed by atoms with van der Waals surface area (Å²) in [4.78, 5) is 41.1. The molecule has 5 nitrogen and oxygen atoms in total. The van der Waals surface area contributed by atoms with Crippen molar-refractivity contribution in [2.24, 2.45) is 11.3 Å². The van der Waals surface area contributed by atoms with Gasteiger partial charge in [-0.15, -0.1) is 0 Å². The maximum atomic E-state index is 12.0. The molecule has 0 radical (unpaired) electrons. The smallest absolute Gasteiger partial charge is 0.329 e. The fourth-order valence-corrected chi connectivity index (χ4v) is 1.77. The van der Waals surface area contributed by atoms with Crippen LogP contribution >= 0.6 is 0 Å². The Hall–Kier alpha value is -2.17. The molecule has 0 saturated heterocycles. The molecule has 1 unspecified atom stereocenters. The molecule has 1 aliphatic heterocycles. The molecule has 0 saturated carbocycles. The van der Waals surface area contributed by atoms with E-state index < -0.39 is 23.7 Å². The summed E-state index contributed by atoms with van der Waals surface area (Å²) in [5.41, 5.74) is 0.206. The van der Waals surface area contributed by atoms with Gasteiger partial charge in [-0.25, -0.2) is 4.79 Å². The first-order valence-electron chi connectivity index (χ1n) is 6.43. The van der Waals surface area contributed by atoms with Gasteiger partial charge in [-0.3, -0.25) is 9.59 Å². The zero-order valence-corrected chi connectivity index (χ0v) is 12.0. The number of imide groups is 1. The van der Waals surface area contributed by atoms with Crippen molar-refractivity contribution in [3.05, 3.63) is 35.4 Å². The van der Waals surface area contributed by atoms with Crippen molar-refractivity contribution in [3.63, 3.8) is 0 Å². The van der Waals surface area contributed by atoms with Crippen molar-refractivity contribution in [1.29, 1.82) is 0 Å². The van der Waals surface area contributed by atoms with Gasteiger partial charge < -0.3 is 4.84 Å². The molecule has 1 aromatic carbocycles. The summed E-state index contributed by atoms with van der Waals surface area (Å²) in [6, 6.07) is 6.40. The molecule has 1 atom stereocenters. The van der Waals surface area contributed by atoms with Crippen LogP contribution in [-0.4, -0.2) is 22.8 Å². The van der Waals surface area contributed by atoms with E-state index in [0.717, 1.165) is 0 Å². The van der Waals surface area contributed by atoms with Crippen LogP contribution < -0.4 is 0 Å².